The van der Waals surface area contributed by atoms with Crippen LogP contribution in [-0.4, -0.2) is 20.0 Å². The van der Waals surface area contributed by atoms with Gasteiger partial charge in [0.2, 0.25) is 0 Å². The minimum atomic E-state index is -0.248. The van der Waals surface area contributed by atoms with Crippen molar-refractivity contribution in [2.75, 3.05) is 14.2 Å². The molecule has 0 fully saturated rings. The lowest BCUT2D eigenvalue weighted by atomic mass is 9.91. The maximum Gasteiger partial charge on any atom is 0.343 e. The van der Waals surface area contributed by atoms with Crippen LogP contribution in [0.1, 0.15) is 11.1 Å². The molecule has 2 aromatic carbocycles. The lowest BCUT2D eigenvalue weighted by Gasteiger charge is -2.13. The molecule has 0 bridgehead atoms. The molecule has 0 radical (unpaired) electrons. The molecule has 120 valence electrons. The molecule has 0 spiro atoms. The normalized spacial score (nSPS) is 13.1. The Morgan fingerprint density at radius 2 is 1.38 bits per heavy atom. The molecule has 0 saturated heterocycles. The monoisotopic (exact) mass is 321 g/mol. The lowest BCUT2D eigenvalue weighted by molar-refractivity contribution is -0.417. The number of rotatable bonds is 3. The Hall–Kier alpha value is -2.94. The number of hydrogen-bond acceptors (Lipinski definition) is 1. The van der Waals surface area contributed by atoms with Gasteiger partial charge < -0.3 is 4.74 Å². The third kappa shape index (κ3) is 3.35. The molecule has 0 N–H and O–H groups in total. The number of carbonyl (C=O) groups excluding carboxylic acids is 1. The predicted molar refractivity (Wildman–Crippen MR) is 94.6 cm³/mol. The van der Waals surface area contributed by atoms with Crippen molar-refractivity contribution in [3.8, 4) is 5.75 Å². The quantitative estimate of drug-likeness (QED) is 0.763. The van der Waals surface area contributed by atoms with Gasteiger partial charge in [0.1, 0.15) is 11.6 Å². The van der Waals surface area contributed by atoms with Crippen molar-refractivity contribution in [1.29, 1.82) is 0 Å². The molecule has 1 aliphatic rings. The van der Waals surface area contributed by atoms with Crippen molar-refractivity contribution in [2.45, 2.75) is 0 Å². The summed E-state index contributed by atoms with van der Waals surface area (Å²) in [6.07, 6.45) is 7.84. The molecule has 2 nitrogen and oxygen atoms in total. The van der Waals surface area contributed by atoms with Crippen molar-refractivity contribution in [3.05, 3.63) is 95.4 Å². The van der Waals surface area contributed by atoms with Gasteiger partial charge in [-0.15, -0.1) is 0 Å². The largest absolute Gasteiger partial charge is 0.497 e. The van der Waals surface area contributed by atoms with Crippen LogP contribution in [0.2, 0.25) is 0 Å². The van der Waals surface area contributed by atoms with Gasteiger partial charge in [-0.05, 0) is 58.7 Å². The molecule has 2 aromatic rings. The predicted octanol–water partition coefficient (Wildman–Crippen LogP) is 4.50. The molecular weight excluding hydrogens is 303 g/mol. The fourth-order valence-corrected chi connectivity index (χ4v) is 2.63. The zero-order chi connectivity index (χ0) is 16.9. The molecule has 3 heteroatoms. The number of allylic oxidation sites excluding steroid dienone is 5. The van der Waals surface area contributed by atoms with E-state index in [1.54, 1.807) is 26.4 Å². The van der Waals surface area contributed by atoms with Crippen LogP contribution in [0.5, 0.6) is 5.75 Å². The van der Waals surface area contributed by atoms with E-state index in [2.05, 4.69) is 0 Å². The summed E-state index contributed by atoms with van der Waals surface area (Å²) < 4.78 is 23.8. The second-order valence-corrected chi connectivity index (χ2v) is 5.34. The summed E-state index contributed by atoms with van der Waals surface area (Å²) in [6, 6.07) is 14.4. The molecule has 0 amide bonds. The summed E-state index contributed by atoms with van der Waals surface area (Å²) in [7, 11) is 3.28. The van der Waals surface area contributed by atoms with Crippen molar-refractivity contribution < 1.29 is 13.6 Å². The Labute approximate surface area is 140 Å². The first kappa shape index (κ1) is 15.9. The van der Waals surface area contributed by atoms with Gasteiger partial charge in [0, 0.05) is 12.2 Å². The highest BCUT2D eigenvalue weighted by Gasteiger charge is 2.14. The summed E-state index contributed by atoms with van der Waals surface area (Å²) in [5.74, 6) is 1.35. The Balaban J connectivity index is 2.14. The first-order chi connectivity index (χ1) is 11.7. The van der Waals surface area contributed by atoms with E-state index >= 15 is 0 Å². The van der Waals surface area contributed by atoms with Gasteiger partial charge in [0.05, 0.1) is 7.11 Å². The van der Waals surface area contributed by atoms with Crippen LogP contribution in [0.3, 0.4) is 0 Å². The zero-order valence-electron chi connectivity index (χ0n) is 13.6. The van der Waals surface area contributed by atoms with Crippen molar-refractivity contribution >= 4 is 11.4 Å². The van der Waals surface area contributed by atoms with Crippen LogP contribution in [0.4, 0.5) is 4.39 Å². The Morgan fingerprint density at radius 3 is 1.88 bits per heavy atom. The highest BCUT2D eigenvalue weighted by molar-refractivity contribution is 6.03. The topological polar surface area (TPSA) is 20.5 Å². The maximum atomic E-state index is 13.3. The maximum absolute atomic E-state index is 13.3. The van der Waals surface area contributed by atoms with E-state index in [1.165, 1.54) is 12.1 Å². The second-order valence-electron chi connectivity index (χ2n) is 5.34. The summed E-state index contributed by atoms with van der Waals surface area (Å²) in [5.41, 5.74) is 4.05. The van der Waals surface area contributed by atoms with E-state index in [1.807, 2.05) is 48.6 Å². The molecule has 0 aromatic heterocycles. The van der Waals surface area contributed by atoms with E-state index in [0.29, 0.717) is 0 Å². The van der Waals surface area contributed by atoms with Crippen LogP contribution in [0.25, 0.3) is 5.57 Å². The minimum Gasteiger partial charge on any atom is -0.497 e. The van der Waals surface area contributed by atoms with Crippen LogP contribution in [0, 0.1) is 5.82 Å². The molecule has 0 saturated carbocycles. The Bertz CT molecular complexity index is 820. The molecule has 0 atom stereocenters. The van der Waals surface area contributed by atoms with Crippen molar-refractivity contribution in [1.82, 2.24) is 0 Å². The SMILES string of the molecule is COc1ccc(C(=C2C=CC(=[O+]C)C=C2)c2ccc(F)cc2)cc1. The van der Waals surface area contributed by atoms with Crippen LogP contribution in [-0.2, 0) is 4.42 Å². The molecule has 0 heterocycles. The van der Waals surface area contributed by atoms with Crippen molar-refractivity contribution in [3.63, 3.8) is 0 Å². The van der Waals surface area contributed by atoms with Gasteiger partial charge in [0.15, 0.2) is 0 Å². The Kier molecular flexibility index (Phi) is 4.71. The lowest BCUT2D eigenvalue weighted by Crippen LogP contribution is -1.99. The molecule has 1 aliphatic carbocycles. The fraction of sp³-hybridized carbons (Fsp3) is 0.0952. The molecule has 3 rings (SSSR count). The highest BCUT2D eigenvalue weighted by Crippen LogP contribution is 2.30. The van der Waals surface area contributed by atoms with E-state index < -0.39 is 0 Å². The summed E-state index contributed by atoms with van der Waals surface area (Å²) in [6.45, 7) is 0. The van der Waals surface area contributed by atoms with E-state index in [-0.39, 0.29) is 5.82 Å². The van der Waals surface area contributed by atoms with E-state index in [4.69, 9.17) is 9.16 Å². The smallest absolute Gasteiger partial charge is 0.343 e. The van der Waals surface area contributed by atoms with Crippen LogP contribution >= 0.6 is 0 Å². The summed E-state index contributed by atoms with van der Waals surface area (Å²) in [5, 5.41) is 0. The van der Waals surface area contributed by atoms with Crippen molar-refractivity contribution in [2.24, 2.45) is 0 Å². The zero-order valence-corrected chi connectivity index (χ0v) is 13.6. The fourth-order valence-electron chi connectivity index (χ4n) is 2.63. The molecule has 0 aliphatic heterocycles. The van der Waals surface area contributed by atoms with Crippen LogP contribution in [0.15, 0.2) is 78.4 Å². The van der Waals surface area contributed by atoms with Gasteiger partial charge in [-0.2, -0.15) is 0 Å². The average molecular weight is 321 g/mol. The first-order valence-corrected chi connectivity index (χ1v) is 7.63. The number of benzene rings is 2. The van der Waals surface area contributed by atoms with E-state index in [9.17, 15) is 4.39 Å². The number of ether oxygens (including phenoxy) is 1. The summed E-state index contributed by atoms with van der Waals surface area (Å²) >= 11 is 0. The number of halogens is 1. The van der Waals surface area contributed by atoms with Gasteiger partial charge in [0.25, 0.3) is 7.11 Å². The number of methoxy groups -OCH3 is 1. The van der Waals surface area contributed by atoms with Gasteiger partial charge >= 0.3 is 5.78 Å². The summed E-state index contributed by atoms with van der Waals surface area (Å²) in [4.78, 5) is 0. The first-order valence-electron chi connectivity index (χ1n) is 7.63. The van der Waals surface area contributed by atoms with E-state index in [0.717, 1.165) is 33.8 Å². The minimum absolute atomic E-state index is 0.248. The average Bonchev–Trinajstić information content (AvgIpc) is 2.64. The highest BCUT2D eigenvalue weighted by atomic mass is 19.1. The molecule has 24 heavy (non-hydrogen) atoms. The van der Waals surface area contributed by atoms with Gasteiger partial charge in [-0.3, -0.25) is 4.42 Å². The molecule has 0 unspecified atom stereocenters. The standard InChI is InChI=1S/C21H18FO2/c1-23-19-11-5-16(6-12-19)21(15-3-9-18(22)10-4-15)17-7-13-20(24-2)14-8-17/h3-14H,1-2H3/q+1. The molecular formula is C21H18FO2+. The van der Waals surface area contributed by atoms with Gasteiger partial charge in [-0.25, -0.2) is 4.39 Å². The number of hydrogen-bond donors (Lipinski definition) is 0. The second kappa shape index (κ2) is 7.09. The number of ketones is 1. The third-order valence-electron chi connectivity index (χ3n) is 3.89. The van der Waals surface area contributed by atoms with Crippen LogP contribution < -0.4 is 4.74 Å². The van der Waals surface area contributed by atoms with Gasteiger partial charge in [-0.1, -0.05) is 24.3 Å². The third-order valence-corrected chi connectivity index (χ3v) is 3.89. The Morgan fingerprint density at radius 1 is 0.833 bits per heavy atom.